The molecule has 0 unspecified atom stereocenters. The predicted octanol–water partition coefficient (Wildman–Crippen LogP) is 1.38. The number of likely N-dealkylation sites (N-methyl/N-ethyl adjacent to an activating group) is 1. The third kappa shape index (κ3) is 5.01. The van der Waals surface area contributed by atoms with Crippen molar-refractivity contribution in [3.05, 3.63) is 47.9 Å². The number of anilines is 1. The number of aromatic nitrogens is 2. The third-order valence-electron chi connectivity index (χ3n) is 5.11. The molecule has 0 amide bonds. The fourth-order valence-corrected chi connectivity index (χ4v) is 3.32. The second-order valence-electron chi connectivity index (χ2n) is 7.18. The largest absolute Gasteiger partial charge is 0.354 e. The summed E-state index contributed by atoms with van der Waals surface area (Å²) < 4.78 is 2.13. The molecule has 0 bridgehead atoms. The third-order valence-corrected chi connectivity index (χ3v) is 5.11. The van der Waals surface area contributed by atoms with E-state index in [1.807, 2.05) is 13.2 Å². The van der Waals surface area contributed by atoms with Gasteiger partial charge in [-0.25, -0.2) is 4.98 Å². The van der Waals surface area contributed by atoms with E-state index in [2.05, 4.69) is 86.2 Å². The Kier molecular flexibility index (Phi) is 6.34. The van der Waals surface area contributed by atoms with E-state index in [0.717, 1.165) is 51.0 Å². The highest BCUT2D eigenvalue weighted by molar-refractivity contribution is 5.79. The van der Waals surface area contributed by atoms with E-state index in [4.69, 9.17) is 0 Å². The minimum absolute atomic E-state index is 0.730. The van der Waals surface area contributed by atoms with Gasteiger partial charge in [0, 0.05) is 72.0 Å². The van der Waals surface area contributed by atoms with Gasteiger partial charge in [0.25, 0.3) is 0 Å². The number of guanidine groups is 1. The van der Waals surface area contributed by atoms with E-state index in [0.29, 0.717) is 0 Å². The first-order chi connectivity index (χ1) is 13.1. The number of aliphatic imine (C=N–C) groups is 1. The number of rotatable bonds is 5. The molecule has 3 heterocycles. The molecule has 1 aliphatic heterocycles. The maximum atomic E-state index is 4.57. The second-order valence-corrected chi connectivity index (χ2v) is 7.18. The topological polar surface area (TPSA) is 51.9 Å². The Morgan fingerprint density at radius 3 is 2.67 bits per heavy atom. The van der Waals surface area contributed by atoms with Gasteiger partial charge in [-0.1, -0.05) is 0 Å². The summed E-state index contributed by atoms with van der Waals surface area (Å²) in [5, 5.41) is 3.47. The first kappa shape index (κ1) is 19.2. The van der Waals surface area contributed by atoms with Crippen molar-refractivity contribution in [1.29, 1.82) is 0 Å². The van der Waals surface area contributed by atoms with Crippen molar-refractivity contribution >= 4 is 11.8 Å². The molecule has 2 aromatic rings. The number of piperazine rings is 1. The van der Waals surface area contributed by atoms with Crippen molar-refractivity contribution in [2.45, 2.75) is 13.1 Å². The zero-order valence-electron chi connectivity index (χ0n) is 16.9. The molecule has 3 rings (SSSR count). The highest BCUT2D eigenvalue weighted by Crippen LogP contribution is 2.15. The first-order valence-corrected chi connectivity index (χ1v) is 9.47. The highest BCUT2D eigenvalue weighted by Gasteiger charge is 2.15. The Labute approximate surface area is 162 Å². The molecule has 0 radical (unpaired) electrons. The molecule has 146 valence electrons. The Balaban J connectivity index is 1.58. The predicted molar refractivity (Wildman–Crippen MR) is 111 cm³/mol. The van der Waals surface area contributed by atoms with Crippen molar-refractivity contribution in [2.75, 3.05) is 52.2 Å². The summed E-state index contributed by atoms with van der Waals surface area (Å²) in [7, 11) is 8.12. The van der Waals surface area contributed by atoms with Crippen LogP contribution < -0.4 is 10.2 Å². The van der Waals surface area contributed by atoms with Gasteiger partial charge in [0.05, 0.1) is 6.54 Å². The molecular weight excluding hydrogens is 338 g/mol. The zero-order valence-corrected chi connectivity index (χ0v) is 16.9. The molecule has 2 aromatic heterocycles. The van der Waals surface area contributed by atoms with Gasteiger partial charge in [-0.05, 0) is 36.9 Å². The van der Waals surface area contributed by atoms with Crippen LogP contribution in [0.2, 0.25) is 0 Å². The van der Waals surface area contributed by atoms with Crippen LogP contribution in [0.1, 0.15) is 11.3 Å². The van der Waals surface area contributed by atoms with Gasteiger partial charge in [0.15, 0.2) is 5.96 Å². The Morgan fingerprint density at radius 1 is 1.22 bits per heavy atom. The standard InChI is InChI=1S/C20H31N7/c1-21-20(26(4)16-18-6-5-9-25(18)3)23-15-17-7-8-22-19(14-17)27-12-10-24(2)11-13-27/h5-9,14H,10-13,15-16H2,1-4H3,(H,21,23). The van der Waals surface area contributed by atoms with E-state index >= 15 is 0 Å². The van der Waals surface area contributed by atoms with Crippen LogP contribution in [-0.4, -0.2) is 72.6 Å². The fraction of sp³-hybridized carbons (Fsp3) is 0.500. The van der Waals surface area contributed by atoms with E-state index in [1.54, 1.807) is 0 Å². The molecule has 0 aliphatic carbocycles. The molecule has 1 fully saturated rings. The van der Waals surface area contributed by atoms with Gasteiger partial charge in [-0.2, -0.15) is 0 Å². The van der Waals surface area contributed by atoms with E-state index in [9.17, 15) is 0 Å². The molecule has 1 N–H and O–H groups in total. The quantitative estimate of drug-likeness (QED) is 0.637. The maximum Gasteiger partial charge on any atom is 0.194 e. The van der Waals surface area contributed by atoms with Crippen molar-refractivity contribution in [2.24, 2.45) is 12.0 Å². The maximum absolute atomic E-state index is 4.57. The van der Waals surface area contributed by atoms with Crippen LogP contribution in [0, 0.1) is 0 Å². The summed E-state index contributed by atoms with van der Waals surface area (Å²) in [6.45, 7) is 5.77. The van der Waals surface area contributed by atoms with Crippen molar-refractivity contribution in [3.63, 3.8) is 0 Å². The molecule has 7 nitrogen and oxygen atoms in total. The summed E-state index contributed by atoms with van der Waals surface area (Å²) in [4.78, 5) is 15.8. The second kappa shape index (κ2) is 8.90. The molecule has 1 aliphatic rings. The average Bonchev–Trinajstić information content (AvgIpc) is 3.07. The fourth-order valence-electron chi connectivity index (χ4n) is 3.32. The smallest absolute Gasteiger partial charge is 0.194 e. The lowest BCUT2D eigenvalue weighted by molar-refractivity contribution is 0.312. The number of hydrogen-bond donors (Lipinski definition) is 1. The lowest BCUT2D eigenvalue weighted by Gasteiger charge is -2.33. The Morgan fingerprint density at radius 2 is 2.00 bits per heavy atom. The minimum atomic E-state index is 0.730. The molecule has 0 spiro atoms. The lowest BCUT2D eigenvalue weighted by Crippen LogP contribution is -2.44. The Bertz CT molecular complexity index is 759. The van der Waals surface area contributed by atoms with Gasteiger partial charge in [-0.3, -0.25) is 4.99 Å². The summed E-state index contributed by atoms with van der Waals surface area (Å²) in [6.07, 6.45) is 3.97. The normalized spacial score (nSPS) is 15.9. The van der Waals surface area contributed by atoms with Crippen LogP contribution >= 0.6 is 0 Å². The van der Waals surface area contributed by atoms with Crippen molar-refractivity contribution in [1.82, 2.24) is 24.7 Å². The Hall–Kier alpha value is -2.54. The molecule has 7 heteroatoms. The number of pyridine rings is 1. The highest BCUT2D eigenvalue weighted by atomic mass is 15.3. The number of aryl methyl sites for hydroxylation is 1. The van der Waals surface area contributed by atoms with Crippen molar-refractivity contribution < 1.29 is 0 Å². The minimum Gasteiger partial charge on any atom is -0.354 e. The molecule has 27 heavy (non-hydrogen) atoms. The molecular formula is C20H31N7. The monoisotopic (exact) mass is 369 g/mol. The van der Waals surface area contributed by atoms with Crippen LogP contribution in [-0.2, 0) is 20.1 Å². The SMILES string of the molecule is CN=C(NCc1ccnc(N2CCN(C)CC2)c1)N(C)Cc1cccn1C. The lowest BCUT2D eigenvalue weighted by atomic mass is 10.2. The van der Waals surface area contributed by atoms with Gasteiger partial charge in [0.2, 0.25) is 0 Å². The van der Waals surface area contributed by atoms with Gasteiger partial charge in [0.1, 0.15) is 5.82 Å². The van der Waals surface area contributed by atoms with Gasteiger partial charge >= 0.3 is 0 Å². The molecule has 0 atom stereocenters. The van der Waals surface area contributed by atoms with Crippen LogP contribution in [0.3, 0.4) is 0 Å². The number of hydrogen-bond acceptors (Lipinski definition) is 4. The van der Waals surface area contributed by atoms with Crippen LogP contribution in [0.5, 0.6) is 0 Å². The zero-order chi connectivity index (χ0) is 19.2. The van der Waals surface area contributed by atoms with Gasteiger partial charge < -0.3 is 24.6 Å². The van der Waals surface area contributed by atoms with Crippen LogP contribution in [0.25, 0.3) is 0 Å². The summed E-state index contributed by atoms with van der Waals surface area (Å²) in [6, 6.07) is 8.45. The number of nitrogens with zero attached hydrogens (tertiary/aromatic N) is 6. The van der Waals surface area contributed by atoms with Gasteiger partial charge in [-0.15, -0.1) is 0 Å². The molecule has 0 aromatic carbocycles. The van der Waals surface area contributed by atoms with Crippen LogP contribution in [0.15, 0.2) is 41.7 Å². The average molecular weight is 370 g/mol. The summed E-state index contributed by atoms with van der Waals surface area (Å²) in [5.74, 6) is 1.95. The van der Waals surface area contributed by atoms with Crippen molar-refractivity contribution in [3.8, 4) is 0 Å². The van der Waals surface area contributed by atoms with Crippen LogP contribution in [0.4, 0.5) is 5.82 Å². The summed E-state index contributed by atoms with van der Waals surface area (Å²) in [5.41, 5.74) is 2.47. The van der Waals surface area contributed by atoms with E-state index in [1.165, 1.54) is 11.3 Å². The van der Waals surface area contributed by atoms with E-state index < -0.39 is 0 Å². The molecule has 1 saturated heterocycles. The number of nitrogens with one attached hydrogen (secondary N) is 1. The first-order valence-electron chi connectivity index (χ1n) is 9.47. The molecule has 0 saturated carbocycles. The van der Waals surface area contributed by atoms with E-state index in [-0.39, 0.29) is 0 Å². The summed E-state index contributed by atoms with van der Waals surface area (Å²) >= 11 is 0.